The minimum absolute atomic E-state index is 0.958. The maximum absolute atomic E-state index is 10.0. The van der Waals surface area contributed by atoms with E-state index in [0.29, 0.717) is 0 Å². The van der Waals surface area contributed by atoms with Crippen molar-refractivity contribution in [3.63, 3.8) is 0 Å². The number of carbonyl (C=O) groups is 2. The van der Waals surface area contributed by atoms with Crippen molar-refractivity contribution in [2.45, 2.75) is 13.8 Å². The molecule has 0 saturated heterocycles. The Morgan fingerprint density at radius 1 is 1.50 bits per heavy atom. The monoisotopic (exact) mass is 145 g/mol. The average molecular weight is 145 g/mol. The van der Waals surface area contributed by atoms with Gasteiger partial charge in [-0.3, -0.25) is 9.59 Å². The Morgan fingerprint density at radius 2 is 1.90 bits per heavy atom. The fraction of sp³-hybridized carbons (Fsp3) is 0.400. The first kappa shape index (κ1) is 11.4. The zero-order valence-corrected chi connectivity index (χ0v) is 6.05. The van der Waals surface area contributed by atoms with Crippen LogP contribution in [0.3, 0.4) is 0 Å². The topological polar surface area (TPSA) is 84.6 Å². The van der Waals surface area contributed by atoms with Crippen LogP contribution in [0.15, 0.2) is 5.10 Å². The third-order valence-corrected chi connectivity index (χ3v) is 0.404. The van der Waals surface area contributed by atoms with E-state index < -0.39 is 11.8 Å². The molecule has 0 saturated carbocycles. The Balaban J connectivity index is 0. The molecule has 3 N–H and O–H groups in total. The van der Waals surface area contributed by atoms with Crippen LogP contribution in [-0.4, -0.2) is 18.5 Å². The molecule has 5 heteroatoms. The molecule has 0 spiro atoms. The number of carbonyl (C=O) groups excluding carboxylic acids is 2. The van der Waals surface area contributed by atoms with Gasteiger partial charge in [0.1, 0.15) is 0 Å². The first-order valence-electron chi connectivity index (χ1n) is 2.74. The number of amides is 2. The summed E-state index contributed by atoms with van der Waals surface area (Å²) in [5.41, 5.74) is 6.23. The van der Waals surface area contributed by atoms with Crippen LogP contribution in [0.2, 0.25) is 0 Å². The van der Waals surface area contributed by atoms with Gasteiger partial charge >= 0.3 is 11.8 Å². The second-order valence-corrected chi connectivity index (χ2v) is 0.963. The van der Waals surface area contributed by atoms with Crippen molar-refractivity contribution in [3.8, 4) is 0 Å². The molecule has 0 aliphatic heterocycles. The Kier molecular flexibility index (Phi) is 8.68. The van der Waals surface area contributed by atoms with Crippen molar-refractivity contribution in [2.75, 3.05) is 0 Å². The Hall–Kier alpha value is -1.39. The number of hydrazone groups is 1. The van der Waals surface area contributed by atoms with Gasteiger partial charge in [-0.2, -0.15) is 5.10 Å². The van der Waals surface area contributed by atoms with Crippen molar-refractivity contribution in [1.82, 2.24) is 5.43 Å². The van der Waals surface area contributed by atoms with E-state index in [1.807, 2.05) is 13.8 Å². The lowest BCUT2D eigenvalue weighted by atomic mass is 10.6. The molecule has 0 aliphatic carbocycles. The van der Waals surface area contributed by atoms with Crippen molar-refractivity contribution >= 4 is 18.5 Å². The molecule has 0 radical (unpaired) electrons. The van der Waals surface area contributed by atoms with Gasteiger partial charge in [-0.25, -0.2) is 5.43 Å². The normalized spacial score (nSPS) is 6.60. The molecule has 0 fully saturated rings. The number of nitrogens with two attached hydrogens (primary N) is 1. The fourth-order valence-electron chi connectivity index (χ4n) is 0.127. The zero-order chi connectivity index (χ0) is 8.57. The Bertz CT molecular complexity index is 133. The molecule has 0 bridgehead atoms. The summed E-state index contributed by atoms with van der Waals surface area (Å²) in [5.74, 6) is -2.03. The summed E-state index contributed by atoms with van der Waals surface area (Å²) in [5, 5.41) is 2.91. The van der Waals surface area contributed by atoms with Crippen LogP contribution in [0.4, 0.5) is 0 Å². The molecule has 0 atom stereocenters. The van der Waals surface area contributed by atoms with Crippen molar-refractivity contribution in [1.29, 1.82) is 0 Å². The van der Waals surface area contributed by atoms with E-state index in [1.54, 1.807) is 5.43 Å². The van der Waals surface area contributed by atoms with Crippen LogP contribution in [-0.2, 0) is 9.59 Å². The van der Waals surface area contributed by atoms with Crippen molar-refractivity contribution < 1.29 is 9.59 Å². The molecular weight excluding hydrogens is 134 g/mol. The van der Waals surface area contributed by atoms with Crippen LogP contribution in [0.1, 0.15) is 13.8 Å². The molecule has 10 heavy (non-hydrogen) atoms. The number of nitrogens with zero attached hydrogens (tertiary/aromatic N) is 1. The van der Waals surface area contributed by atoms with E-state index in [0.717, 1.165) is 0 Å². The molecule has 0 rings (SSSR count). The molecule has 2 amide bonds. The summed E-state index contributed by atoms with van der Waals surface area (Å²) in [4.78, 5) is 19.8. The summed E-state index contributed by atoms with van der Waals surface area (Å²) in [6, 6.07) is 0. The Labute approximate surface area is 59.3 Å². The highest BCUT2D eigenvalue weighted by molar-refractivity contribution is 6.34. The highest BCUT2D eigenvalue weighted by Crippen LogP contribution is 1.58. The SMILES string of the molecule is C=NNC(=O)C(N)=O.CC. The van der Waals surface area contributed by atoms with E-state index in [9.17, 15) is 9.59 Å². The fourth-order valence-corrected chi connectivity index (χ4v) is 0.127. The van der Waals surface area contributed by atoms with E-state index in [4.69, 9.17) is 0 Å². The molecule has 58 valence electrons. The van der Waals surface area contributed by atoms with Gasteiger partial charge in [-0.15, -0.1) is 0 Å². The second-order valence-electron chi connectivity index (χ2n) is 0.963. The minimum atomic E-state index is -1.07. The van der Waals surface area contributed by atoms with Gasteiger partial charge in [0, 0.05) is 6.72 Å². The third-order valence-electron chi connectivity index (χ3n) is 0.404. The maximum Gasteiger partial charge on any atom is 0.329 e. The predicted molar refractivity (Wildman–Crippen MR) is 38.2 cm³/mol. The molecule has 0 aliphatic rings. The summed E-state index contributed by atoms with van der Waals surface area (Å²) in [7, 11) is 0. The van der Waals surface area contributed by atoms with Crippen molar-refractivity contribution in [2.24, 2.45) is 10.8 Å². The lowest BCUT2D eigenvalue weighted by molar-refractivity contribution is -0.137. The van der Waals surface area contributed by atoms with Crippen LogP contribution in [0.25, 0.3) is 0 Å². The van der Waals surface area contributed by atoms with Gasteiger partial charge in [0.25, 0.3) is 0 Å². The van der Waals surface area contributed by atoms with Crippen LogP contribution in [0.5, 0.6) is 0 Å². The lowest BCUT2D eigenvalue weighted by Gasteiger charge is -1.88. The van der Waals surface area contributed by atoms with Gasteiger partial charge in [0.05, 0.1) is 0 Å². The smallest absolute Gasteiger partial charge is 0.329 e. The molecule has 0 heterocycles. The van der Waals surface area contributed by atoms with Gasteiger partial charge in [0.15, 0.2) is 0 Å². The predicted octanol–water partition coefficient (Wildman–Crippen LogP) is -0.770. The number of nitrogens with one attached hydrogen (secondary N) is 1. The molecule has 0 unspecified atom stereocenters. The molecule has 0 aromatic rings. The summed E-state index contributed by atoms with van der Waals surface area (Å²) in [6.07, 6.45) is 0. The quantitative estimate of drug-likeness (QED) is 0.288. The van der Waals surface area contributed by atoms with E-state index in [2.05, 4.69) is 17.6 Å². The maximum atomic E-state index is 10.0. The van der Waals surface area contributed by atoms with Crippen molar-refractivity contribution in [3.05, 3.63) is 0 Å². The summed E-state index contributed by atoms with van der Waals surface area (Å²) in [6.45, 7) is 6.89. The number of primary amides is 1. The Morgan fingerprint density at radius 3 is 2.00 bits per heavy atom. The van der Waals surface area contributed by atoms with E-state index >= 15 is 0 Å². The number of hydrogen-bond donors (Lipinski definition) is 2. The average Bonchev–Trinajstić information content (AvgIpc) is 1.93. The van der Waals surface area contributed by atoms with Gasteiger partial charge in [0.2, 0.25) is 0 Å². The first-order chi connectivity index (χ1) is 4.68. The van der Waals surface area contributed by atoms with Gasteiger partial charge in [-0.1, -0.05) is 13.8 Å². The highest BCUT2D eigenvalue weighted by atomic mass is 16.2. The number of hydrogen-bond acceptors (Lipinski definition) is 3. The minimum Gasteiger partial charge on any atom is -0.361 e. The molecule has 0 aromatic carbocycles. The second kappa shape index (κ2) is 7.61. The molecular formula is C5H11N3O2. The summed E-state index contributed by atoms with van der Waals surface area (Å²) >= 11 is 0. The van der Waals surface area contributed by atoms with Gasteiger partial charge < -0.3 is 5.73 Å². The lowest BCUT2D eigenvalue weighted by Crippen LogP contribution is -2.32. The molecule has 0 aromatic heterocycles. The van der Waals surface area contributed by atoms with Crippen LogP contribution in [0, 0.1) is 0 Å². The van der Waals surface area contributed by atoms with Crippen LogP contribution < -0.4 is 11.2 Å². The van der Waals surface area contributed by atoms with Crippen LogP contribution >= 0.6 is 0 Å². The van der Waals surface area contributed by atoms with E-state index in [-0.39, 0.29) is 0 Å². The summed E-state index contributed by atoms with van der Waals surface area (Å²) < 4.78 is 0. The van der Waals surface area contributed by atoms with Gasteiger partial charge in [-0.05, 0) is 0 Å². The first-order valence-corrected chi connectivity index (χ1v) is 2.74. The largest absolute Gasteiger partial charge is 0.361 e. The highest BCUT2D eigenvalue weighted by Gasteiger charge is 2.03. The van der Waals surface area contributed by atoms with E-state index in [1.165, 1.54) is 0 Å². The molecule has 5 nitrogen and oxygen atoms in total. The zero-order valence-electron chi connectivity index (χ0n) is 6.05. The number of rotatable bonds is 1. The standard InChI is InChI=1S/C3H5N3O2.C2H6/c1-5-6-3(8)2(4)7;1-2/h1H2,(H2,4,7)(H,6,8);1-2H3. The third kappa shape index (κ3) is 6.61.